The predicted octanol–water partition coefficient (Wildman–Crippen LogP) is 4.30. The van der Waals surface area contributed by atoms with Crippen LogP contribution in [-0.2, 0) is 9.53 Å². The summed E-state index contributed by atoms with van der Waals surface area (Å²) in [6.45, 7) is -0.207. The number of halogens is 1. The highest BCUT2D eigenvalue weighted by Gasteiger charge is 2.46. The molecular formula is C27H32FN3O5. The lowest BCUT2D eigenvalue weighted by molar-refractivity contribution is -0.142. The van der Waals surface area contributed by atoms with E-state index < -0.39 is 12.1 Å². The van der Waals surface area contributed by atoms with Crippen LogP contribution < -0.4 is 20.7 Å². The van der Waals surface area contributed by atoms with Crippen molar-refractivity contribution in [2.24, 2.45) is 0 Å². The quantitative estimate of drug-likeness (QED) is 0.476. The molecule has 36 heavy (non-hydrogen) atoms. The number of rotatable bonds is 6. The molecule has 4 atom stereocenters. The van der Waals surface area contributed by atoms with Gasteiger partial charge in [0.15, 0.2) is 0 Å². The number of nitrogens with one attached hydrogen (secondary N) is 3. The van der Waals surface area contributed by atoms with E-state index in [9.17, 15) is 19.1 Å². The summed E-state index contributed by atoms with van der Waals surface area (Å²) < 4.78 is 25.3. The lowest BCUT2D eigenvalue weighted by atomic mass is 9.84. The summed E-state index contributed by atoms with van der Waals surface area (Å²) in [6.07, 6.45) is 5.15. The molecule has 5 rings (SSSR count). The van der Waals surface area contributed by atoms with Gasteiger partial charge in [0.1, 0.15) is 23.8 Å². The maximum Gasteiger partial charge on any atom is 0.323 e. The fraction of sp³-hybridized carbons (Fsp3) is 0.481. The van der Waals surface area contributed by atoms with Gasteiger partial charge in [-0.15, -0.1) is 0 Å². The largest absolute Gasteiger partial charge is 0.487 e. The van der Waals surface area contributed by atoms with Crippen LogP contribution >= 0.6 is 0 Å². The van der Waals surface area contributed by atoms with Crippen molar-refractivity contribution in [2.75, 3.05) is 17.2 Å². The summed E-state index contributed by atoms with van der Waals surface area (Å²) in [7, 11) is 0. The molecule has 0 aromatic heterocycles. The Balaban J connectivity index is 1.24. The molecule has 2 fully saturated rings. The third kappa shape index (κ3) is 5.63. The first-order chi connectivity index (χ1) is 17.5. The Morgan fingerprint density at radius 2 is 1.72 bits per heavy atom. The number of aliphatic hydroxyl groups is 1. The summed E-state index contributed by atoms with van der Waals surface area (Å²) in [6, 6.07) is 10.7. The fourth-order valence-corrected chi connectivity index (χ4v) is 5.53. The summed E-state index contributed by atoms with van der Waals surface area (Å²) >= 11 is 0. The molecule has 0 spiro atoms. The van der Waals surface area contributed by atoms with E-state index in [0.717, 1.165) is 31.2 Å². The number of fused-ring (bicyclic) bond motifs is 3. The van der Waals surface area contributed by atoms with Crippen molar-refractivity contribution in [1.29, 1.82) is 0 Å². The van der Waals surface area contributed by atoms with E-state index in [4.69, 9.17) is 9.47 Å². The number of hydrogen-bond acceptors (Lipinski definition) is 5. The van der Waals surface area contributed by atoms with Gasteiger partial charge < -0.3 is 30.5 Å². The van der Waals surface area contributed by atoms with Crippen molar-refractivity contribution in [2.45, 2.75) is 75.2 Å². The van der Waals surface area contributed by atoms with Crippen LogP contribution in [0.1, 0.15) is 56.4 Å². The molecule has 0 radical (unpaired) electrons. The topological polar surface area (TPSA) is 109 Å². The van der Waals surface area contributed by atoms with Gasteiger partial charge in [0.05, 0.1) is 19.1 Å². The van der Waals surface area contributed by atoms with E-state index >= 15 is 0 Å². The zero-order valence-corrected chi connectivity index (χ0v) is 20.0. The molecule has 9 heteroatoms. The van der Waals surface area contributed by atoms with Crippen molar-refractivity contribution >= 4 is 23.3 Å². The van der Waals surface area contributed by atoms with Crippen LogP contribution in [0.5, 0.6) is 5.75 Å². The lowest BCUT2D eigenvalue weighted by Crippen LogP contribution is -2.48. The van der Waals surface area contributed by atoms with Crippen LogP contribution in [0.3, 0.4) is 0 Å². The van der Waals surface area contributed by atoms with E-state index in [1.807, 2.05) is 6.07 Å². The van der Waals surface area contributed by atoms with Crippen LogP contribution in [0, 0.1) is 5.82 Å². The van der Waals surface area contributed by atoms with Gasteiger partial charge in [-0.1, -0.05) is 19.3 Å². The second-order valence-electron chi connectivity index (χ2n) is 9.85. The summed E-state index contributed by atoms with van der Waals surface area (Å²) in [5, 5.41) is 18.6. The smallest absolute Gasteiger partial charge is 0.323 e. The average molecular weight is 498 g/mol. The van der Waals surface area contributed by atoms with Crippen molar-refractivity contribution in [3.63, 3.8) is 0 Å². The molecule has 4 N–H and O–H groups in total. The van der Waals surface area contributed by atoms with Crippen LogP contribution in [0.2, 0.25) is 0 Å². The predicted molar refractivity (Wildman–Crippen MR) is 133 cm³/mol. The minimum atomic E-state index is -0.540. The maximum atomic E-state index is 13.1. The lowest BCUT2D eigenvalue weighted by Gasteiger charge is -2.37. The fourth-order valence-electron chi connectivity index (χ4n) is 5.53. The Kier molecular flexibility index (Phi) is 7.38. The number of amides is 3. The molecule has 1 saturated carbocycles. The standard InChI is InChI=1S/C27H32FN3O5/c28-16-6-8-18(9-7-16)30-27(34)31-19-10-11-23-21(12-19)22-13-20(35-24(15-32)26(22)36-23)14-25(33)29-17-4-2-1-3-5-17/h6-12,17,20,22,24,26,32H,1-5,13-15H2,(H,29,33)(H2,30,31,34)/t20-,22-,24+,26+/m0/s1. The first kappa shape index (κ1) is 24.5. The number of urea groups is 1. The Hall–Kier alpha value is -3.17. The molecule has 0 unspecified atom stereocenters. The van der Waals surface area contributed by atoms with Crippen molar-refractivity contribution in [3.8, 4) is 5.75 Å². The minimum Gasteiger partial charge on any atom is -0.487 e. The molecule has 0 bridgehead atoms. The highest BCUT2D eigenvalue weighted by atomic mass is 19.1. The number of aliphatic hydroxyl groups excluding tert-OH is 1. The third-order valence-corrected chi connectivity index (χ3v) is 7.24. The van der Waals surface area contributed by atoms with E-state index in [2.05, 4.69) is 16.0 Å². The van der Waals surface area contributed by atoms with Gasteiger partial charge in [0.25, 0.3) is 0 Å². The van der Waals surface area contributed by atoms with Gasteiger partial charge in [-0.2, -0.15) is 0 Å². The number of ether oxygens (including phenoxy) is 2. The molecule has 8 nitrogen and oxygen atoms in total. The van der Waals surface area contributed by atoms with Crippen LogP contribution in [0.15, 0.2) is 42.5 Å². The highest BCUT2D eigenvalue weighted by molar-refractivity contribution is 5.99. The average Bonchev–Trinajstić information content (AvgIpc) is 3.23. The molecule has 2 aliphatic heterocycles. The van der Waals surface area contributed by atoms with Crippen LogP contribution in [-0.4, -0.2) is 48.0 Å². The Labute approximate surface area is 209 Å². The highest BCUT2D eigenvalue weighted by Crippen LogP contribution is 2.47. The normalized spacial score (nSPS) is 25.3. The van der Waals surface area contributed by atoms with Gasteiger partial charge >= 0.3 is 6.03 Å². The van der Waals surface area contributed by atoms with Gasteiger partial charge in [-0.3, -0.25) is 4.79 Å². The van der Waals surface area contributed by atoms with Gasteiger partial charge in [0.2, 0.25) is 5.91 Å². The molecule has 2 heterocycles. The number of carbonyl (C=O) groups is 2. The second kappa shape index (κ2) is 10.8. The van der Waals surface area contributed by atoms with Gasteiger partial charge in [-0.25, -0.2) is 9.18 Å². The van der Waals surface area contributed by atoms with E-state index in [1.165, 1.54) is 30.7 Å². The Morgan fingerprint density at radius 3 is 2.47 bits per heavy atom. The molecule has 3 amide bonds. The maximum absolute atomic E-state index is 13.1. The SMILES string of the molecule is O=C(C[C@@H]1C[C@H]2c3cc(NC(=O)Nc4ccc(F)cc4)ccc3O[C@H]2[C@@H](CO)O1)NC1CCCCC1. The number of hydrogen-bond donors (Lipinski definition) is 4. The first-order valence-electron chi connectivity index (χ1n) is 12.7. The third-order valence-electron chi connectivity index (χ3n) is 7.24. The van der Waals surface area contributed by atoms with E-state index in [0.29, 0.717) is 23.5 Å². The van der Waals surface area contributed by atoms with E-state index in [1.54, 1.807) is 12.1 Å². The molecule has 1 saturated heterocycles. The second-order valence-corrected chi connectivity index (χ2v) is 9.85. The minimum absolute atomic E-state index is 0.0194. The summed E-state index contributed by atoms with van der Waals surface area (Å²) in [5.41, 5.74) is 1.97. The van der Waals surface area contributed by atoms with Gasteiger partial charge in [-0.05, 0) is 61.7 Å². The molecule has 192 valence electrons. The number of benzene rings is 2. The first-order valence-corrected chi connectivity index (χ1v) is 12.7. The molecule has 2 aromatic carbocycles. The van der Waals surface area contributed by atoms with Crippen LogP contribution in [0.25, 0.3) is 0 Å². The molecule has 2 aromatic rings. The molecule has 1 aliphatic carbocycles. The zero-order valence-electron chi connectivity index (χ0n) is 20.0. The Bertz CT molecular complexity index is 1090. The van der Waals surface area contributed by atoms with Crippen molar-refractivity contribution in [3.05, 3.63) is 53.8 Å². The molecular weight excluding hydrogens is 465 g/mol. The van der Waals surface area contributed by atoms with Crippen molar-refractivity contribution < 1.29 is 28.6 Å². The van der Waals surface area contributed by atoms with E-state index in [-0.39, 0.29) is 48.9 Å². The van der Waals surface area contributed by atoms with Gasteiger partial charge in [0, 0.05) is 28.9 Å². The zero-order chi connectivity index (χ0) is 25.1. The Morgan fingerprint density at radius 1 is 1.00 bits per heavy atom. The molecule has 3 aliphatic rings. The summed E-state index contributed by atoms with van der Waals surface area (Å²) in [4.78, 5) is 25.1. The number of anilines is 2. The van der Waals surface area contributed by atoms with Crippen molar-refractivity contribution in [1.82, 2.24) is 5.32 Å². The summed E-state index contributed by atoms with van der Waals surface area (Å²) in [5.74, 6) is 0.217. The number of carbonyl (C=O) groups excluding carboxylic acids is 2. The van der Waals surface area contributed by atoms with Crippen LogP contribution in [0.4, 0.5) is 20.6 Å². The monoisotopic (exact) mass is 497 g/mol.